The van der Waals surface area contributed by atoms with Crippen LogP contribution >= 0.6 is 15.9 Å². The number of ether oxygens (including phenoxy) is 1. The summed E-state index contributed by atoms with van der Waals surface area (Å²) < 4.78 is 10.7. The highest BCUT2D eigenvalue weighted by atomic mass is 79.9. The van der Waals surface area contributed by atoms with Gasteiger partial charge in [-0.3, -0.25) is 18.5 Å². The molecule has 1 aromatic carbocycles. The van der Waals surface area contributed by atoms with Crippen molar-refractivity contribution in [3.05, 3.63) is 67.8 Å². The Morgan fingerprint density at radius 2 is 1.88 bits per heavy atom. The molecule has 0 atom stereocenters. The van der Waals surface area contributed by atoms with Crippen molar-refractivity contribution in [2.75, 3.05) is 6.61 Å². The number of imidazole rings is 1. The summed E-state index contributed by atoms with van der Waals surface area (Å²) >= 11 is 3.40. The van der Waals surface area contributed by atoms with Crippen molar-refractivity contribution in [3.8, 4) is 6.01 Å². The van der Waals surface area contributed by atoms with Crippen molar-refractivity contribution >= 4 is 27.1 Å². The average Bonchev–Trinajstić information content (AvgIpc) is 2.96. The number of fused-ring (bicyclic) bond motifs is 1. The highest BCUT2D eigenvalue weighted by Crippen LogP contribution is 2.20. The Morgan fingerprint density at radius 3 is 2.52 bits per heavy atom. The third-order valence-electron chi connectivity index (χ3n) is 3.90. The Morgan fingerprint density at radius 1 is 1.20 bits per heavy atom. The molecule has 3 rings (SSSR count). The molecular weight excluding hydrogens is 388 g/mol. The van der Waals surface area contributed by atoms with Crippen LogP contribution in [0.5, 0.6) is 6.01 Å². The average molecular weight is 405 g/mol. The predicted molar refractivity (Wildman–Crippen MR) is 99.2 cm³/mol. The number of halogens is 1. The van der Waals surface area contributed by atoms with Gasteiger partial charge >= 0.3 is 5.69 Å². The van der Waals surface area contributed by atoms with Crippen molar-refractivity contribution < 1.29 is 4.74 Å². The number of aryl methyl sites for hydroxylation is 1. The minimum Gasteiger partial charge on any atom is -0.460 e. The van der Waals surface area contributed by atoms with E-state index in [1.54, 1.807) is 17.7 Å². The van der Waals surface area contributed by atoms with E-state index in [9.17, 15) is 9.59 Å². The standard InChI is InChI=1S/C17H17BrN4O3/c1-4-9-25-16-19-14-13(15(23)21(3)17(24)20(14)2)22(16)10-11-5-7-12(18)8-6-11/h4-8H,1,9-10H2,2-3H3. The summed E-state index contributed by atoms with van der Waals surface area (Å²) in [5, 5.41) is 0. The van der Waals surface area contributed by atoms with Crippen LogP contribution in [0.3, 0.4) is 0 Å². The van der Waals surface area contributed by atoms with Gasteiger partial charge < -0.3 is 4.74 Å². The van der Waals surface area contributed by atoms with Crippen LogP contribution in [0.2, 0.25) is 0 Å². The molecule has 8 heteroatoms. The van der Waals surface area contributed by atoms with Gasteiger partial charge in [0.05, 0.1) is 6.54 Å². The van der Waals surface area contributed by atoms with Crippen LogP contribution in [0.15, 0.2) is 51.0 Å². The van der Waals surface area contributed by atoms with Gasteiger partial charge in [0.2, 0.25) is 0 Å². The van der Waals surface area contributed by atoms with E-state index in [0.717, 1.165) is 14.6 Å². The van der Waals surface area contributed by atoms with Gasteiger partial charge in [-0.1, -0.05) is 40.7 Å². The number of benzene rings is 1. The highest BCUT2D eigenvalue weighted by molar-refractivity contribution is 9.10. The summed E-state index contributed by atoms with van der Waals surface area (Å²) in [6, 6.07) is 8.01. The van der Waals surface area contributed by atoms with E-state index in [1.807, 2.05) is 24.3 Å². The Bertz CT molecular complexity index is 1060. The van der Waals surface area contributed by atoms with Crippen LogP contribution < -0.4 is 16.0 Å². The molecule has 0 fully saturated rings. The number of hydrogen-bond acceptors (Lipinski definition) is 4. The minimum absolute atomic E-state index is 0.248. The van der Waals surface area contributed by atoms with Gasteiger partial charge in [-0.15, -0.1) is 0 Å². The maximum atomic E-state index is 12.7. The Hall–Kier alpha value is -2.61. The summed E-state index contributed by atoms with van der Waals surface area (Å²) in [6.07, 6.45) is 1.60. The first kappa shape index (κ1) is 17.2. The molecule has 2 aromatic heterocycles. The fourth-order valence-electron chi connectivity index (χ4n) is 2.59. The Labute approximate surface area is 151 Å². The van der Waals surface area contributed by atoms with Crippen LogP contribution in [0.4, 0.5) is 0 Å². The van der Waals surface area contributed by atoms with Crippen molar-refractivity contribution in [2.45, 2.75) is 6.54 Å². The zero-order chi connectivity index (χ0) is 18.1. The molecule has 0 unspecified atom stereocenters. The topological polar surface area (TPSA) is 71.1 Å². The number of nitrogens with zero attached hydrogens (tertiary/aromatic N) is 4. The van der Waals surface area contributed by atoms with Gasteiger partial charge in [0.1, 0.15) is 6.61 Å². The van der Waals surface area contributed by atoms with E-state index in [2.05, 4.69) is 27.5 Å². The fourth-order valence-corrected chi connectivity index (χ4v) is 2.85. The van der Waals surface area contributed by atoms with Crippen LogP contribution in [-0.4, -0.2) is 25.3 Å². The molecule has 0 bridgehead atoms. The van der Waals surface area contributed by atoms with E-state index in [-0.39, 0.29) is 12.6 Å². The van der Waals surface area contributed by atoms with Gasteiger partial charge in [0, 0.05) is 18.6 Å². The Balaban J connectivity index is 2.26. The zero-order valence-electron chi connectivity index (χ0n) is 13.9. The maximum Gasteiger partial charge on any atom is 0.332 e. The molecule has 0 saturated carbocycles. The van der Waals surface area contributed by atoms with Gasteiger partial charge in [0.15, 0.2) is 11.2 Å². The number of rotatable bonds is 5. The minimum atomic E-state index is -0.430. The van der Waals surface area contributed by atoms with E-state index < -0.39 is 11.2 Å². The first-order valence-corrected chi connectivity index (χ1v) is 8.37. The molecule has 0 radical (unpaired) electrons. The lowest BCUT2D eigenvalue weighted by Crippen LogP contribution is -2.37. The summed E-state index contributed by atoms with van der Waals surface area (Å²) in [5.41, 5.74) is 0.759. The molecule has 25 heavy (non-hydrogen) atoms. The molecule has 0 aliphatic rings. The highest BCUT2D eigenvalue weighted by Gasteiger charge is 2.20. The van der Waals surface area contributed by atoms with E-state index in [4.69, 9.17) is 4.74 Å². The van der Waals surface area contributed by atoms with E-state index >= 15 is 0 Å². The first-order valence-electron chi connectivity index (χ1n) is 7.58. The van der Waals surface area contributed by atoms with Crippen LogP contribution in [0.25, 0.3) is 11.2 Å². The molecule has 130 valence electrons. The largest absolute Gasteiger partial charge is 0.460 e. The normalized spacial score (nSPS) is 11.0. The lowest BCUT2D eigenvalue weighted by molar-refractivity contribution is 0.320. The third kappa shape index (κ3) is 3.05. The summed E-state index contributed by atoms with van der Waals surface area (Å²) in [5.74, 6) is 0. The van der Waals surface area contributed by atoms with Crippen molar-refractivity contribution in [3.63, 3.8) is 0 Å². The maximum absolute atomic E-state index is 12.7. The quantitative estimate of drug-likeness (QED) is 0.608. The van der Waals surface area contributed by atoms with Crippen molar-refractivity contribution in [2.24, 2.45) is 14.1 Å². The molecule has 0 N–H and O–H groups in total. The van der Waals surface area contributed by atoms with Crippen molar-refractivity contribution in [1.29, 1.82) is 0 Å². The molecule has 0 aliphatic heterocycles. The van der Waals surface area contributed by atoms with Crippen LogP contribution in [0, 0.1) is 0 Å². The monoisotopic (exact) mass is 404 g/mol. The van der Waals surface area contributed by atoms with E-state index in [1.165, 1.54) is 11.6 Å². The Kier molecular flexibility index (Phi) is 4.63. The van der Waals surface area contributed by atoms with Gasteiger partial charge in [-0.2, -0.15) is 4.98 Å². The SMILES string of the molecule is C=CCOc1nc2c(c(=O)n(C)c(=O)n2C)n1Cc1ccc(Br)cc1. The van der Waals surface area contributed by atoms with Gasteiger partial charge in [0.25, 0.3) is 11.6 Å². The lowest BCUT2D eigenvalue weighted by Gasteiger charge is -2.09. The molecule has 3 aromatic rings. The molecule has 7 nitrogen and oxygen atoms in total. The van der Waals surface area contributed by atoms with E-state index in [0.29, 0.717) is 17.7 Å². The molecule has 0 spiro atoms. The van der Waals surface area contributed by atoms with Crippen LogP contribution in [0.1, 0.15) is 5.56 Å². The third-order valence-corrected chi connectivity index (χ3v) is 4.43. The second-order valence-corrected chi connectivity index (χ2v) is 6.50. The number of aromatic nitrogens is 4. The zero-order valence-corrected chi connectivity index (χ0v) is 15.5. The second-order valence-electron chi connectivity index (χ2n) is 5.58. The molecule has 2 heterocycles. The summed E-state index contributed by atoms with van der Waals surface area (Å²) in [7, 11) is 3.03. The summed E-state index contributed by atoms with van der Waals surface area (Å²) in [6.45, 7) is 4.27. The molecule has 0 aliphatic carbocycles. The predicted octanol–water partition coefficient (Wildman–Crippen LogP) is 1.81. The molecule has 0 amide bonds. The first-order chi connectivity index (χ1) is 11.9. The molecular formula is C17H17BrN4O3. The molecule has 0 saturated heterocycles. The lowest BCUT2D eigenvalue weighted by atomic mass is 10.2. The van der Waals surface area contributed by atoms with Gasteiger partial charge in [-0.05, 0) is 17.7 Å². The van der Waals surface area contributed by atoms with Gasteiger partial charge in [-0.25, -0.2) is 4.79 Å². The number of hydrogen-bond donors (Lipinski definition) is 0. The van der Waals surface area contributed by atoms with Crippen molar-refractivity contribution in [1.82, 2.24) is 18.7 Å². The summed E-state index contributed by atoms with van der Waals surface area (Å²) in [4.78, 5) is 29.2. The smallest absolute Gasteiger partial charge is 0.332 e. The second kappa shape index (κ2) is 6.72. The van der Waals surface area contributed by atoms with Crippen LogP contribution in [-0.2, 0) is 20.6 Å². The fraction of sp³-hybridized carbons (Fsp3) is 0.235.